The van der Waals surface area contributed by atoms with E-state index in [2.05, 4.69) is 26.5 Å². The van der Waals surface area contributed by atoms with Crippen molar-refractivity contribution in [1.29, 1.82) is 5.26 Å². The molecule has 1 fully saturated rings. The number of rotatable bonds is 4. The van der Waals surface area contributed by atoms with Crippen LogP contribution in [0.2, 0.25) is 0 Å². The summed E-state index contributed by atoms with van der Waals surface area (Å²) in [5, 5.41) is 26.0. The Balaban J connectivity index is 1.51. The molecule has 9 heteroatoms. The normalized spacial score (nSPS) is 16.8. The fourth-order valence-electron chi connectivity index (χ4n) is 3.41. The first-order valence-electron chi connectivity index (χ1n) is 9.05. The molecule has 1 unspecified atom stereocenters. The number of nitrogens with zero attached hydrogens (tertiary/aromatic N) is 6. The van der Waals surface area contributed by atoms with Crippen LogP contribution in [0.3, 0.4) is 0 Å². The molecule has 0 radical (unpaired) electrons. The van der Waals surface area contributed by atoms with Crippen molar-refractivity contribution in [3.63, 3.8) is 0 Å². The minimum Gasteiger partial charge on any atom is -0.465 e. The van der Waals surface area contributed by atoms with Gasteiger partial charge < -0.3 is 15.3 Å². The summed E-state index contributed by atoms with van der Waals surface area (Å²) in [6, 6.07) is 7.54. The molecule has 0 saturated carbocycles. The SMILES string of the molecule is N#Cc1ccn2ncc(-c3nccc(CNC4CCCN(C(=O)O)C4)n3)c2c1. The zero-order valence-corrected chi connectivity index (χ0v) is 15.1. The van der Waals surface area contributed by atoms with Crippen molar-refractivity contribution in [2.24, 2.45) is 0 Å². The fourth-order valence-corrected chi connectivity index (χ4v) is 3.41. The first-order chi connectivity index (χ1) is 13.6. The van der Waals surface area contributed by atoms with Crippen molar-refractivity contribution < 1.29 is 9.90 Å². The predicted octanol–water partition coefficient (Wildman–Crippen LogP) is 1.89. The molecule has 0 aromatic carbocycles. The molecule has 1 saturated heterocycles. The number of fused-ring (bicyclic) bond motifs is 1. The quantitative estimate of drug-likeness (QED) is 0.712. The molecule has 3 aromatic heterocycles. The molecule has 0 spiro atoms. The van der Waals surface area contributed by atoms with Crippen LogP contribution in [0.1, 0.15) is 24.1 Å². The Hall–Kier alpha value is -3.51. The minimum atomic E-state index is -0.874. The smallest absolute Gasteiger partial charge is 0.407 e. The second-order valence-corrected chi connectivity index (χ2v) is 6.74. The summed E-state index contributed by atoms with van der Waals surface area (Å²) >= 11 is 0. The molecular formula is C19H19N7O2. The van der Waals surface area contributed by atoms with Crippen LogP contribution in [0, 0.1) is 11.3 Å². The number of piperidine rings is 1. The average molecular weight is 377 g/mol. The van der Waals surface area contributed by atoms with E-state index in [0.29, 0.717) is 31.0 Å². The van der Waals surface area contributed by atoms with Gasteiger partial charge in [-0.2, -0.15) is 10.4 Å². The molecule has 28 heavy (non-hydrogen) atoms. The molecule has 142 valence electrons. The van der Waals surface area contributed by atoms with Crippen molar-refractivity contribution in [3.05, 3.63) is 48.0 Å². The maximum atomic E-state index is 11.2. The van der Waals surface area contributed by atoms with Crippen LogP contribution < -0.4 is 5.32 Å². The molecule has 2 N–H and O–H groups in total. The lowest BCUT2D eigenvalue weighted by atomic mass is 10.1. The van der Waals surface area contributed by atoms with Gasteiger partial charge in [0.25, 0.3) is 0 Å². The third-order valence-electron chi connectivity index (χ3n) is 4.87. The molecule has 1 aliphatic heterocycles. The highest BCUT2D eigenvalue weighted by Crippen LogP contribution is 2.22. The van der Waals surface area contributed by atoms with E-state index in [1.165, 1.54) is 4.90 Å². The van der Waals surface area contributed by atoms with Crippen LogP contribution in [0.25, 0.3) is 16.9 Å². The monoisotopic (exact) mass is 377 g/mol. The van der Waals surface area contributed by atoms with Gasteiger partial charge in [-0.15, -0.1) is 0 Å². The summed E-state index contributed by atoms with van der Waals surface area (Å²) in [4.78, 5) is 21.6. The van der Waals surface area contributed by atoms with Crippen molar-refractivity contribution in [2.45, 2.75) is 25.4 Å². The molecule has 3 aromatic rings. The Labute approximate surface area is 161 Å². The van der Waals surface area contributed by atoms with E-state index in [4.69, 9.17) is 10.4 Å². The molecule has 9 nitrogen and oxygen atoms in total. The fraction of sp³-hybridized carbons (Fsp3) is 0.316. The van der Waals surface area contributed by atoms with E-state index in [9.17, 15) is 4.79 Å². The van der Waals surface area contributed by atoms with E-state index in [-0.39, 0.29) is 6.04 Å². The van der Waals surface area contributed by atoms with Gasteiger partial charge in [0.15, 0.2) is 5.82 Å². The van der Waals surface area contributed by atoms with Gasteiger partial charge in [0, 0.05) is 38.1 Å². The minimum absolute atomic E-state index is 0.110. The summed E-state index contributed by atoms with van der Waals surface area (Å²) < 4.78 is 1.69. The molecule has 0 bridgehead atoms. The number of hydrogen-bond acceptors (Lipinski definition) is 6. The number of pyridine rings is 1. The number of likely N-dealkylation sites (tertiary alicyclic amines) is 1. The zero-order valence-electron chi connectivity index (χ0n) is 15.1. The topological polar surface area (TPSA) is 119 Å². The predicted molar refractivity (Wildman–Crippen MR) is 100 cm³/mol. The lowest BCUT2D eigenvalue weighted by Crippen LogP contribution is -2.47. The molecular weight excluding hydrogens is 358 g/mol. The first kappa shape index (κ1) is 17.9. The van der Waals surface area contributed by atoms with E-state index in [1.54, 1.807) is 35.2 Å². The van der Waals surface area contributed by atoms with Gasteiger partial charge in [-0.1, -0.05) is 0 Å². The average Bonchev–Trinajstić information content (AvgIpc) is 3.16. The summed E-state index contributed by atoms with van der Waals surface area (Å²) in [6.07, 6.45) is 6.03. The van der Waals surface area contributed by atoms with E-state index in [0.717, 1.165) is 29.6 Å². The van der Waals surface area contributed by atoms with Crippen molar-refractivity contribution in [3.8, 4) is 17.5 Å². The lowest BCUT2D eigenvalue weighted by molar-refractivity contribution is 0.126. The van der Waals surface area contributed by atoms with Crippen LogP contribution in [0.5, 0.6) is 0 Å². The Bertz CT molecular complexity index is 1060. The Morgan fingerprint density at radius 2 is 2.32 bits per heavy atom. The van der Waals surface area contributed by atoms with E-state index in [1.807, 2.05) is 6.07 Å². The Kier molecular flexibility index (Phi) is 4.87. The van der Waals surface area contributed by atoms with E-state index < -0.39 is 6.09 Å². The number of nitriles is 1. The number of carboxylic acid groups (broad SMARTS) is 1. The third-order valence-corrected chi connectivity index (χ3v) is 4.87. The summed E-state index contributed by atoms with van der Waals surface area (Å²) in [5.74, 6) is 0.542. The van der Waals surface area contributed by atoms with Crippen LogP contribution in [0.15, 0.2) is 36.8 Å². The van der Waals surface area contributed by atoms with Crippen LogP contribution in [-0.2, 0) is 6.54 Å². The lowest BCUT2D eigenvalue weighted by Gasteiger charge is -2.31. The van der Waals surface area contributed by atoms with E-state index >= 15 is 0 Å². The van der Waals surface area contributed by atoms with Crippen molar-refractivity contribution in [1.82, 2.24) is 29.8 Å². The highest BCUT2D eigenvalue weighted by Gasteiger charge is 2.22. The van der Waals surface area contributed by atoms with Gasteiger partial charge in [-0.05, 0) is 31.0 Å². The highest BCUT2D eigenvalue weighted by atomic mass is 16.4. The summed E-state index contributed by atoms with van der Waals surface area (Å²) in [7, 11) is 0. The van der Waals surface area contributed by atoms with Crippen molar-refractivity contribution >= 4 is 11.6 Å². The largest absolute Gasteiger partial charge is 0.465 e. The first-order valence-corrected chi connectivity index (χ1v) is 9.05. The maximum absolute atomic E-state index is 11.2. The summed E-state index contributed by atoms with van der Waals surface area (Å²) in [6.45, 7) is 1.60. The number of amides is 1. The van der Waals surface area contributed by atoms with Gasteiger partial charge in [0.2, 0.25) is 0 Å². The Morgan fingerprint density at radius 3 is 3.14 bits per heavy atom. The Morgan fingerprint density at radius 1 is 1.43 bits per heavy atom. The highest BCUT2D eigenvalue weighted by molar-refractivity contribution is 5.76. The number of nitrogens with one attached hydrogen (secondary N) is 1. The number of hydrogen-bond donors (Lipinski definition) is 2. The number of carbonyl (C=O) groups is 1. The number of aromatic nitrogens is 4. The van der Waals surface area contributed by atoms with Gasteiger partial charge in [-0.3, -0.25) is 0 Å². The standard InChI is InChI=1S/C19H19N7O2/c20-9-13-4-7-26-17(8-13)16(11-23-26)18-21-5-3-14(24-18)10-22-15-2-1-6-25(12-15)19(27)28/h3-5,7-8,11,15,22H,1-2,6,10,12H2,(H,27,28). The van der Waals surface area contributed by atoms with Gasteiger partial charge in [0.1, 0.15) is 0 Å². The summed E-state index contributed by atoms with van der Waals surface area (Å²) in [5.41, 5.74) is 2.89. The molecule has 1 amide bonds. The molecule has 1 atom stereocenters. The molecule has 1 aliphatic rings. The van der Waals surface area contributed by atoms with Crippen LogP contribution in [-0.4, -0.2) is 54.8 Å². The maximum Gasteiger partial charge on any atom is 0.407 e. The van der Waals surface area contributed by atoms with Crippen LogP contribution >= 0.6 is 0 Å². The molecule has 4 rings (SSSR count). The van der Waals surface area contributed by atoms with Gasteiger partial charge >= 0.3 is 6.09 Å². The van der Waals surface area contributed by atoms with Crippen molar-refractivity contribution in [2.75, 3.05) is 13.1 Å². The second kappa shape index (κ2) is 7.62. The van der Waals surface area contributed by atoms with Crippen LogP contribution in [0.4, 0.5) is 4.79 Å². The van der Waals surface area contributed by atoms with Gasteiger partial charge in [0.05, 0.1) is 34.6 Å². The molecule has 4 heterocycles. The third kappa shape index (κ3) is 3.63. The second-order valence-electron chi connectivity index (χ2n) is 6.74. The molecule has 0 aliphatic carbocycles. The zero-order chi connectivity index (χ0) is 19.5. The van der Waals surface area contributed by atoms with Gasteiger partial charge in [-0.25, -0.2) is 19.3 Å².